The summed E-state index contributed by atoms with van der Waals surface area (Å²) >= 11 is 0. The molecule has 2 heterocycles. The molecule has 3 nitrogen and oxygen atoms in total. The van der Waals surface area contributed by atoms with Crippen LogP contribution in [0.15, 0.2) is 30.3 Å². The van der Waals surface area contributed by atoms with Crippen molar-refractivity contribution in [2.75, 3.05) is 13.1 Å². The van der Waals surface area contributed by atoms with E-state index in [1.807, 2.05) is 12.1 Å². The van der Waals surface area contributed by atoms with Crippen LogP contribution in [0.3, 0.4) is 0 Å². The molecule has 6 heteroatoms. The number of amides is 1. The first-order valence-corrected chi connectivity index (χ1v) is 9.73. The van der Waals surface area contributed by atoms with Crippen molar-refractivity contribution in [2.45, 2.75) is 51.7 Å². The number of fused-ring (bicyclic) bond motifs is 1. The highest BCUT2D eigenvalue weighted by atomic mass is 19.4. The highest BCUT2D eigenvalue weighted by Gasteiger charge is 2.64. The van der Waals surface area contributed by atoms with Gasteiger partial charge >= 0.3 is 6.18 Å². The fourth-order valence-corrected chi connectivity index (χ4v) is 4.62. The van der Waals surface area contributed by atoms with Gasteiger partial charge in [0.05, 0.1) is 0 Å². The van der Waals surface area contributed by atoms with E-state index in [9.17, 15) is 18.0 Å². The predicted molar refractivity (Wildman–Crippen MR) is 98.3 cm³/mol. The molecular formula is C21H25F3N2O. The van der Waals surface area contributed by atoms with Crippen LogP contribution in [-0.4, -0.2) is 34.6 Å². The molecule has 1 saturated carbocycles. The maximum absolute atomic E-state index is 13.4. The van der Waals surface area contributed by atoms with E-state index in [-0.39, 0.29) is 12.8 Å². The van der Waals surface area contributed by atoms with E-state index < -0.39 is 17.5 Å². The molecule has 2 fully saturated rings. The summed E-state index contributed by atoms with van der Waals surface area (Å²) in [5.74, 6) is -0.311. The van der Waals surface area contributed by atoms with Crippen molar-refractivity contribution in [1.82, 2.24) is 9.47 Å². The first-order chi connectivity index (χ1) is 12.8. The van der Waals surface area contributed by atoms with E-state index in [0.717, 1.165) is 19.4 Å². The van der Waals surface area contributed by atoms with Crippen LogP contribution in [0.4, 0.5) is 13.2 Å². The first-order valence-electron chi connectivity index (χ1n) is 9.73. The zero-order valence-electron chi connectivity index (χ0n) is 15.6. The highest BCUT2D eigenvalue weighted by Crippen LogP contribution is 2.54. The monoisotopic (exact) mass is 378 g/mol. The molecule has 0 radical (unpaired) electrons. The topological polar surface area (TPSA) is 25.2 Å². The molecule has 2 aliphatic rings. The number of alkyl halides is 3. The molecule has 146 valence electrons. The molecule has 4 rings (SSSR count). The molecule has 1 aromatic heterocycles. The molecule has 0 spiro atoms. The Morgan fingerprint density at radius 1 is 1.19 bits per heavy atom. The number of likely N-dealkylation sites (tertiary alicyclic amines) is 1. The Balaban J connectivity index is 1.42. The fourth-order valence-electron chi connectivity index (χ4n) is 4.62. The van der Waals surface area contributed by atoms with Crippen molar-refractivity contribution in [1.29, 1.82) is 0 Å². The van der Waals surface area contributed by atoms with Gasteiger partial charge in [-0.25, -0.2) is 0 Å². The summed E-state index contributed by atoms with van der Waals surface area (Å²) in [6.07, 6.45) is -2.53. The van der Waals surface area contributed by atoms with Crippen LogP contribution >= 0.6 is 0 Å². The molecule has 0 bridgehead atoms. The van der Waals surface area contributed by atoms with Crippen LogP contribution in [-0.2, 0) is 11.3 Å². The lowest BCUT2D eigenvalue weighted by Gasteiger charge is -2.45. The molecular weight excluding hydrogens is 353 g/mol. The third-order valence-electron chi connectivity index (χ3n) is 6.52. The van der Waals surface area contributed by atoms with Crippen molar-refractivity contribution in [3.05, 3.63) is 36.0 Å². The smallest absolute Gasteiger partial charge is 0.345 e. The Morgan fingerprint density at radius 3 is 2.44 bits per heavy atom. The molecule has 0 unspecified atom stereocenters. The van der Waals surface area contributed by atoms with Crippen molar-refractivity contribution >= 4 is 16.8 Å². The number of nitrogens with zero attached hydrogens (tertiary/aromatic N) is 2. The maximum Gasteiger partial charge on any atom is 0.403 e. The second kappa shape index (κ2) is 6.57. The number of carbonyl (C=O) groups is 1. The molecule has 1 saturated heterocycles. The third kappa shape index (κ3) is 3.03. The van der Waals surface area contributed by atoms with E-state index >= 15 is 0 Å². The number of aromatic nitrogens is 1. The molecule has 0 N–H and O–H groups in total. The van der Waals surface area contributed by atoms with E-state index in [4.69, 9.17) is 0 Å². The molecule has 1 aliphatic carbocycles. The Kier molecular flexibility index (Phi) is 4.47. The molecule has 1 amide bonds. The molecule has 27 heavy (non-hydrogen) atoms. The van der Waals surface area contributed by atoms with Gasteiger partial charge in [0.1, 0.15) is 5.41 Å². The van der Waals surface area contributed by atoms with Gasteiger partial charge in [0.25, 0.3) is 0 Å². The van der Waals surface area contributed by atoms with Crippen LogP contribution < -0.4 is 0 Å². The summed E-state index contributed by atoms with van der Waals surface area (Å²) in [6.45, 7) is 3.80. The standard InChI is InChI=1S/C21H25F3N2O/c1-15-13-17-5-2-3-6-18(17)26(15)14-16-7-11-25(12-8-16)19(27)20(9-4-10-20)21(22,23)24/h2-3,5-6,13,16H,4,7-12,14H2,1H3. The fraction of sp³-hybridized carbons (Fsp3) is 0.571. The van der Waals surface area contributed by atoms with Gasteiger partial charge in [-0.2, -0.15) is 13.2 Å². The number of para-hydroxylation sites is 1. The van der Waals surface area contributed by atoms with Crippen LogP contribution in [0.25, 0.3) is 10.9 Å². The summed E-state index contributed by atoms with van der Waals surface area (Å²) in [7, 11) is 0. The lowest BCUT2D eigenvalue weighted by atomic mass is 9.67. The minimum Gasteiger partial charge on any atom is -0.345 e. The second-order valence-corrected chi connectivity index (χ2v) is 8.12. The minimum atomic E-state index is -4.43. The average molecular weight is 378 g/mol. The zero-order valence-corrected chi connectivity index (χ0v) is 15.6. The van der Waals surface area contributed by atoms with Gasteiger partial charge in [0.15, 0.2) is 0 Å². The number of piperidine rings is 1. The van der Waals surface area contributed by atoms with Gasteiger partial charge < -0.3 is 9.47 Å². The summed E-state index contributed by atoms with van der Waals surface area (Å²) in [5, 5.41) is 1.21. The largest absolute Gasteiger partial charge is 0.403 e. The third-order valence-corrected chi connectivity index (χ3v) is 6.52. The number of halogens is 3. The highest BCUT2D eigenvalue weighted by molar-refractivity contribution is 5.84. The van der Waals surface area contributed by atoms with Gasteiger partial charge in [-0.1, -0.05) is 24.6 Å². The van der Waals surface area contributed by atoms with Gasteiger partial charge in [0.2, 0.25) is 5.91 Å². The van der Waals surface area contributed by atoms with Crippen LogP contribution in [0.5, 0.6) is 0 Å². The SMILES string of the molecule is Cc1cc2ccccc2n1CC1CCN(C(=O)C2(C(F)(F)F)CCC2)CC1. The number of hydrogen-bond donors (Lipinski definition) is 0. The Hall–Kier alpha value is -1.98. The molecule has 0 atom stereocenters. The van der Waals surface area contributed by atoms with Crippen molar-refractivity contribution in [3.8, 4) is 0 Å². The van der Waals surface area contributed by atoms with Crippen LogP contribution in [0.2, 0.25) is 0 Å². The first kappa shape index (κ1) is 18.4. The summed E-state index contributed by atoms with van der Waals surface area (Å²) < 4.78 is 42.6. The van der Waals surface area contributed by atoms with Gasteiger partial charge in [-0.3, -0.25) is 4.79 Å². The zero-order chi connectivity index (χ0) is 19.2. The molecule has 1 aliphatic heterocycles. The Labute approximate surface area is 157 Å². The number of aryl methyl sites for hydroxylation is 1. The number of rotatable bonds is 3. The van der Waals surface area contributed by atoms with E-state index in [1.54, 1.807) is 0 Å². The second-order valence-electron chi connectivity index (χ2n) is 8.12. The lowest BCUT2D eigenvalue weighted by molar-refractivity contribution is -0.248. The Bertz CT molecular complexity index is 843. The lowest BCUT2D eigenvalue weighted by Crippen LogP contribution is -2.57. The summed E-state index contributed by atoms with van der Waals surface area (Å²) in [6, 6.07) is 10.4. The molecule has 2 aromatic rings. The van der Waals surface area contributed by atoms with Gasteiger partial charge in [-0.15, -0.1) is 0 Å². The quantitative estimate of drug-likeness (QED) is 0.744. The normalized spacial score (nSPS) is 20.7. The van der Waals surface area contributed by atoms with Crippen LogP contribution in [0.1, 0.15) is 37.8 Å². The minimum absolute atomic E-state index is 0.0518. The summed E-state index contributed by atoms with van der Waals surface area (Å²) in [4.78, 5) is 14.1. The molecule has 1 aromatic carbocycles. The van der Waals surface area contributed by atoms with Crippen LogP contribution in [0, 0.1) is 18.3 Å². The average Bonchev–Trinajstić information content (AvgIpc) is 2.89. The van der Waals surface area contributed by atoms with E-state index in [2.05, 4.69) is 29.7 Å². The van der Waals surface area contributed by atoms with Gasteiger partial charge in [0, 0.05) is 30.8 Å². The van der Waals surface area contributed by atoms with Gasteiger partial charge in [-0.05, 0) is 56.0 Å². The Morgan fingerprint density at radius 2 is 1.85 bits per heavy atom. The number of carbonyl (C=O) groups excluding carboxylic acids is 1. The summed E-state index contributed by atoms with van der Waals surface area (Å²) in [5.41, 5.74) is 0.284. The van der Waals surface area contributed by atoms with E-state index in [0.29, 0.717) is 25.4 Å². The number of hydrogen-bond acceptors (Lipinski definition) is 1. The van der Waals surface area contributed by atoms with E-state index in [1.165, 1.54) is 21.5 Å². The van der Waals surface area contributed by atoms with Crippen molar-refractivity contribution < 1.29 is 18.0 Å². The van der Waals surface area contributed by atoms with Crippen molar-refractivity contribution in [3.63, 3.8) is 0 Å². The predicted octanol–water partition coefficient (Wildman–Crippen LogP) is 4.92. The number of benzene rings is 1. The maximum atomic E-state index is 13.4. The van der Waals surface area contributed by atoms with Crippen molar-refractivity contribution in [2.24, 2.45) is 11.3 Å².